The topological polar surface area (TPSA) is 121 Å². The number of nitrogens with one attached hydrogen (secondary N) is 1. The van der Waals surface area contributed by atoms with Crippen LogP contribution in [0.25, 0.3) is 11.7 Å². The van der Waals surface area contributed by atoms with E-state index in [9.17, 15) is 9.59 Å². The number of hydrogen-bond acceptors (Lipinski definition) is 8. The highest BCUT2D eigenvalue weighted by molar-refractivity contribution is 6.02. The molecule has 1 amide bonds. The molecule has 4 aromatic rings. The van der Waals surface area contributed by atoms with Gasteiger partial charge in [-0.15, -0.1) is 10.2 Å². The van der Waals surface area contributed by atoms with Gasteiger partial charge in [-0.05, 0) is 48.5 Å². The highest BCUT2D eigenvalue weighted by Crippen LogP contribution is 2.18. The molecule has 0 aliphatic heterocycles. The molecule has 0 saturated carbocycles. The van der Waals surface area contributed by atoms with E-state index in [0.717, 1.165) is 0 Å². The van der Waals surface area contributed by atoms with Crippen molar-refractivity contribution in [1.29, 1.82) is 0 Å². The predicted molar refractivity (Wildman–Crippen MR) is 94.2 cm³/mol. The molecule has 1 N–H and O–H groups in total. The SMILES string of the molecule is O=C(OCc1nnc(-c2ccco2)o1)c1ccc(NC(=O)c2ccco2)cc1. The van der Waals surface area contributed by atoms with Crippen LogP contribution in [0.4, 0.5) is 5.69 Å². The molecule has 3 aromatic heterocycles. The Hall–Kier alpha value is -4.14. The number of nitrogens with zero attached hydrogens (tertiary/aromatic N) is 2. The second-order valence-electron chi connectivity index (χ2n) is 5.56. The first-order valence-electron chi connectivity index (χ1n) is 8.17. The van der Waals surface area contributed by atoms with Crippen molar-refractivity contribution in [1.82, 2.24) is 10.2 Å². The number of aromatic nitrogens is 2. The molecule has 0 saturated heterocycles. The van der Waals surface area contributed by atoms with Crippen LogP contribution in [0.2, 0.25) is 0 Å². The van der Waals surface area contributed by atoms with E-state index in [1.54, 1.807) is 36.4 Å². The minimum atomic E-state index is -0.568. The molecule has 3 heterocycles. The third kappa shape index (κ3) is 3.83. The zero-order valence-electron chi connectivity index (χ0n) is 14.3. The monoisotopic (exact) mass is 379 g/mol. The first kappa shape index (κ1) is 17.3. The summed E-state index contributed by atoms with van der Waals surface area (Å²) in [6.07, 6.45) is 2.90. The van der Waals surface area contributed by atoms with Crippen molar-refractivity contribution < 1.29 is 27.6 Å². The van der Waals surface area contributed by atoms with Gasteiger partial charge in [0.2, 0.25) is 0 Å². The summed E-state index contributed by atoms with van der Waals surface area (Å²) in [6, 6.07) is 12.8. The van der Waals surface area contributed by atoms with E-state index >= 15 is 0 Å². The van der Waals surface area contributed by atoms with Gasteiger partial charge >= 0.3 is 5.97 Å². The lowest BCUT2D eigenvalue weighted by atomic mass is 10.2. The Morgan fingerprint density at radius 2 is 1.75 bits per heavy atom. The van der Waals surface area contributed by atoms with Crippen molar-refractivity contribution in [2.45, 2.75) is 6.61 Å². The molecule has 0 unspecified atom stereocenters. The summed E-state index contributed by atoms with van der Waals surface area (Å²) < 4.78 is 20.7. The van der Waals surface area contributed by atoms with Gasteiger partial charge in [0.05, 0.1) is 18.1 Å². The minimum absolute atomic E-state index is 0.141. The summed E-state index contributed by atoms with van der Waals surface area (Å²) in [5.74, 6) is 0.00902. The first-order valence-corrected chi connectivity index (χ1v) is 8.17. The van der Waals surface area contributed by atoms with Crippen LogP contribution in [0, 0.1) is 0 Å². The van der Waals surface area contributed by atoms with Crippen LogP contribution in [0.15, 0.2) is 74.3 Å². The molecular weight excluding hydrogens is 366 g/mol. The average Bonchev–Trinajstić information content (AvgIpc) is 3.49. The molecule has 0 atom stereocenters. The van der Waals surface area contributed by atoms with Crippen LogP contribution in [0.5, 0.6) is 0 Å². The van der Waals surface area contributed by atoms with Crippen molar-refractivity contribution in [3.05, 3.63) is 78.3 Å². The van der Waals surface area contributed by atoms with E-state index in [-0.39, 0.29) is 30.1 Å². The maximum Gasteiger partial charge on any atom is 0.338 e. The smallest absolute Gasteiger partial charge is 0.338 e. The number of carbonyl (C=O) groups excluding carboxylic acids is 2. The van der Waals surface area contributed by atoms with Gasteiger partial charge in [0, 0.05) is 5.69 Å². The highest BCUT2D eigenvalue weighted by atomic mass is 16.5. The fraction of sp³-hybridized carbons (Fsp3) is 0.0526. The molecule has 4 rings (SSSR count). The number of carbonyl (C=O) groups is 2. The average molecular weight is 379 g/mol. The van der Waals surface area contributed by atoms with Crippen molar-refractivity contribution in [3.63, 3.8) is 0 Å². The number of amides is 1. The molecule has 140 valence electrons. The van der Waals surface area contributed by atoms with Crippen LogP contribution >= 0.6 is 0 Å². The summed E-state index contributed by atoms with van der Waals surface area (Å²) in [4.78, 5) is 24.1. The van der Waals surface area contributed by atoms with E-state index in [4.69, 9.17) is 18.0 Å². The van der Waals surface area contributed by atoms with Crippen LogP contribution in [0.1, 0.15) is 26.8 Å². The molecular formula is C19H13N3O6. The molecule has 0 aliphatic rings. The van der Waals surface area contributed by atoms with Gasteiger partial charge in [0.15, 0.2) is 18.1 Å². The molecule has 0 spiro atoms. The standard InChI is InChI=1S/C19H13N3O6/c23-17(14-3-1-9-25-14)20-13-7-5-12(6-8-13)19(24)27-11-16-21-22-18(28-16)15-4-2-10-26-15/h1-10H,11H2,(H,20,23). The number of anilines is 1. The van der Waals surface area contributed by atoms with Crippen LogP contribution < -0.4 is 5.32 Å². The highest BCUT2D eigenvalue weighted by Gasteiger charge is 2.14. The zero-order chi connectivity index (χ0) is 19.3. The normalized spacial score (nSPS) is 10.6. The Kier molecular flexibility index (Phi) is 4.70. The largest absolute Gasteiger partial charge is 0.459 e. The Labute approximate surface area is 157 Å². The molecule has 9 nitrogen and oxygen atoms in total. The number of hydrogen-bond donors (Lipinski definition) is 1. The number of rotatable bonds is 6. The molecule has 0 fully saturated rings. The quantitative estimate of drug-likeness (QED) is 0.505. The number of esters is 1. The third-order valence-electron chi connectivity index (χ3n) is 3.65. The molecule has 0 bridgehead atoms. The maximum atomic E-state index is 12.1. The van der Waals surface area contributed by atoms with Crippen molar-refractivity contribution >= 4 is 17.6 Å². The van der Waals surface area contributed by atoms with Gasteiger partial charge in [-0.25, -0.2) is 4.79 Å². The summed E-state index contributed by atoms with van der Waals surface area (Å²) in [7, 11) is 0. The summed E-state index contributed by atoms with van der Waals surface area (Å²) in [5, 5.41) is 10.3. The Morgan fingerprint density at radius 1 is 0.964 bits per heavy atom. The van der Waals surface area contributed by atoms with Crippen LogP contribution in [-0.2, 0) is 11.3 Å². The van der Waals surface area contributed by atoms with Gasteiger partial charge in [0.1, 0.15) is 0 Å². The van der Waals surface area contributed by atoms with Gasteiger partial charge in [-0.3, -0.25) is 4.79 Å². The second-order valence-corrected chi connectivity index (χ2v) is 5.56. The Bertz CT molecular complexity index is 1070. The third-order valence-corrected chi connectivity index (χ3v) is 3.65. The lowest BCUT2D eigenvalue weighted by Crippen LogP contribution is -2.11. The number of furan rings is 2. The van der Waals surface area contributed by atoms with Crippen LogP contribution in [0.3, 0.4) is 0 Å². The molecule has 1 aromatic carbocycles. The van der Waals surface area contributed by atoms with Gasteiger partial charge < -0.3 is 23.3 Å². The Morgan fingerprint density at radius 3 is 2.46 bits per heavy atom. The second kappa shape index (κ2) is 7.62. The van der Waals surface area contributed by atoms with Crippen molar-refractivity contribution in [2.24, 2.45) is 0 Å². The van der Waals surface area contributed by atoms with E-state index in [1.165, 1.54) is 24.7 Å². The van der Waals surface area contributed by atoms with E-state index < -0.39 is 5.97 Å². The predicted octanol–water partition coefficient (Wildman–Crippen LogP) is 3.53. The number of benzene rings is 1. The minimum Gasteiger partial charge on any atom is -0.459 e. The van der Waals surface area contributed by atoms with E-state index in [1.807, 2.05) is 0 Å². The maximum absolute atomic E-state index is 12.1. The van der Waals surface area contributed by atoms with Gasteiger partial charge in [0.25, 0.3) is 17.7 Å². The molecule has 28 heavy (non-hydrogen) atoms. The summed E-state index contributed by atoms with van der Waals surface area (Å²) in [6.45, 7) is -0.177. The molecule has 0 aliphatic carbocycles. The molecule has 9 heteroatoms. The van der Waals surface area contributed by atoms with Gasteiger partial charge in [-0.1, -0.05) is 0 Å². The van der Waals surface area contributed by atoms with Crippen LogP contribution in [-0.4, -0.2) is 22.1 Å². The van der Waals surface area contributed by atoms with Gasteiger partial charge in [-0.2, -0.15) is 0 Å². The lowest BCUT2D eigenvalue weighted by Gasteiger charge is -2.05. The zero-order valence-corrected chi connectivity index (χ0v) is 14.3. The van der Waals surface area contributed by atoms with Crippen molar-refractivity contribution in [2.75, 3.05) is 5.32 Å². The Balaban J connectivity index is 1.33. The summed E-state index contributed by atoms with van der Waals surface area (Å²) >= 11 is 0. The first-order chi connectivity index (χ1) is 13.7. The summed E-state index contributed by atoms with van der Waals surface area (Å²) in [5.41, 5.74) is 0.819. The number of ether oxygens (including phenoxy) is 1. The lowest BCUT2D eigenvalue weighted by molar-refractivity contribution is 0.0438. The van der Waals surface area contributed by atoms with E-state index in [0.29, 0.717) is 17.0 Å². The fourth-order valence-corrected chi connectivity index (χ4v) is 2.31. The fourth-order valence-electron chi connectivity index (χ4n) is 2.31. The van der Waals surface area contributed by atoms with Crippen molar-refractivity contribution in [3.8, 4) is 11.7 Å². The molecule has 0 radical (unpaired) electrons. The van der Waals surface area contributed by atoms with E-state index in [2.05, 4.69) is 15.5 Å².